The minimum atomic E-state index is 0.758. The summed E-state index contributed by atoms with van der Waals surface area (Å²) in [6, 6.07) is 0.758. The van der Waals surface area contributed by atoms with Crippen LogP contribution in [-0.2, 0) is 6.54 Å². The highest BCUT2D eigenvalue weighted by atomic mass is 32.1. The van der Waals surface area contributed by atoms with Crippen LogP contribution in [0, 0.1) is 0 Å². The van der Waals surface area contributed by atoms with E-state index in [9.17, 15) is 0 Å². The zero-order chi connectivity index (χ0) is 9.26. The summed E-state index contributed by atoms with van der Waals surface area (Å²) in [6.45, 7) is 0.870. The number of nitrogens with one attached hydrogen (secondary N) is 1. The van der Waals surface area contributed by atoms with Gasteiger partial charge in [-0.2, -0.15) is 0 Å². The maximum Gasteiger partial charge on any atom is 0.185 e. The van der Waals surface area contributed by atoms with Crippen LogP contribution in [0.5, 0.6) is 0 Å². The van der Waals surface area contributed by atoms with Gasteiger partial charge in [0.2, 0.25) is 0 Å². The molecule has 1 aromatic heterocycles. The Kier molecular flexibility index (Phi) is 2.51. The second-order valence-electron chi connectivity index (χ2n) is 3.49. The SMILES string of the molecule is CNCc1csc(N(C)C2CC2)n1. The molecule has 72 valence electrons. The van der Waals surface area contributed by atoms with E-state index in [-0.39, 0.29) is 0 Å². The number of anilines is 1. The van der Waals surface area contributed by atoms with Crippen molar-refractivity contribution in [3.63, 3.8) is 0 Å². The largest absolute Gasteiger partial charge is 0.348 e. The Morgan fingerprint density at radius 2 is 2.46 bits per heavy atom. The number of aromatic nitrogens is 1. The molecule has 1 N–H and O–H groups in total. The van der Waals surface area contributed by atoms with Crippen molar-refractivity contribution in [2.75, 3.05) is 19.0 Å². The van der Waals surface area contributed by atoms with Crippen molar-refractivity contribution in [2.24, 2.45) is 0 Å². The predicted octanol–water partition coefficient (Wildman–Crippen LogP) is 1.46. The molecule has 0 saturated heterocycles. The minimum absolute atomic E-state index is 0.758. The highest BCUT2D eigenvalue weighted by molar-refractivity contribution is 7.13. The van der Waals surface area contributed by atoms with Crippen LogP contribution in [0.4, 0.5) is 5.13 Å². The topological polar surface area (TPSA) is 28.2 Å². The summed E-state index contributed by atoms with van der Waals surface area (Å²) in [7, 11) is 4.09. The van der Waals surface area contributed by atoms with Crippen molar-refractivity contribution < 1.29 is 0 Å². The van der Waals surface area contributed by atoms with Crippen LogP contribution >= 0.6 is 11.3 Å². The van der Waals surface area contributed by atoms with E-state index in [1.54, 1.807) is 11.3 Å². The lowest BCUT2D eigenvalue weighted by Gasteiger charge is -2.13. The van der Waals surface area contributed by atoms with Gasteiger partial charge in [0, 0.05) is 25.0 Å². The summed E-state index contributed by atoms with van der Waals surface area (Å²) in [4.78, 5) is 6.84. The van der Waals surface area contributed by atoms with Gasteiger partial charge >= 0.3 is 0 Å². The Morgan fingerprint density at radius 1 is 1.69 bits per heavy atom. The second kappa shape index (κ2) is 3.64. The van der Waals surface area contributed by atoms with Crippen LogP contribution in [0.3, 0.4) is 0 Å². The summed E-state index contributed by atoms with van der Waals surface area (Å²) in [5.41, 5.74) is 1.15. The van der Waals surface area contributed by atoms with Crippen molar-refractivity contribution in [3.8, 4) is 0 Å². The number of hydrogen-bond donors (Lipinski definition) is 1. The van der Waals surface area contributed by atoms with E-state index in [2.05, 4.69) is 27.6 Å². The predicted molar refractivity (Wildman–Crippen MR) is 56.3 cm³/mol. The molecule has 0 unspecified atom stereocenters. The van der Waals surface area contributed by atoms with Gasteiger partial charge < -0.3 is 10.2 Å². The smallest absolute Gasteiger partial charge is 0.185 e. The van der Waals surface area contributed by atoms with Gasteiger partial charge in [0.05, 0.1) is 5.69 Å². The average molecular weight is 197 g/mol. The molecule has 1 saturated carbocycles. The molecule has 1 aliphatic rings. The first kappa shape index (κ1) is 8.97. The molecular formula is C9H15N3S. The van der Waals surface area contributed by atoms with Gasteiger partial charge in [0.25, 0.3) is 0 Å². The summed E-state index contributed by atoms with van der Waals surface area (Å²) < 4.78 is 0. The lowest BCUT2D eigenvalue weighted by Crippen LogP contribution is -2.19. The molecule has 0 aromatic carbocycles. The second-order valence-corrected chi connectivity index (χ2v) is 4.33. The van der Waals surface area contributed by atoms with E-state index in [0.717, 1.165) is 23.4 Å². The minimum Gasteiger partial charge on any atom is -0.348 e. The number of hydrogen-bond acceptors (Lipinski definition) is 4. The normalized spacial score (nSPS) is 16.2. The zero-order valence-corrected chi connectivity index (χ0v) is 8.90. The molecule has 0 amide bonds. The van der Waals surface area contributed by atoms with E-state index < -0.39 is 0 Å². The molecule has 3 nitrogen and oxygen atoms in total. The highest BCUT2D eigenvalue weighted by Gasteiger charge is 2.27. The van der Waals surface area contributed by atoms with Crippen molar-refractivity contribution in [2.45, 2.75) is 25.4 Å². The molecule has 2 rings (SSSR count). The standard InChI is InChI=1S/C9H15N3S/c1-10-5-7-6-13-9(11-7)12(2)8-3-4-8/h6,8,10H,3-5H2,1-2H3. The molecule has 1 aliphatic carbocycles. The van der Waals surface area contributed by atoms with Crippen LogP contribution in [-0.4, -0.2) is 25.1 Å². The van der Waals surface area contributed by atoms with Crippen molar-refractivity contribution in [1.82, 2.24) is 10.3 Å². The molecular weight excluding hydrogens is 182 g/mol. The Morgan fingerprint density at radius 3 is 3.08 bits per heavy atom. The van der Waals surface area contributed by atoms with E-state index in [1.165, 1.54) is 12.8 Å². The van der Waals surface area contributed by atoms with Crippen LogP contribution in [0.1, 0.15) is 18.5 Å². The zero-order valence-electron chi connectivity index (χ0n) is 8.08. The first-order valence-electron chi connectivity index (χ1n) is 4.63. The molecule has 0 atom stereocenters. The van der Waals surface area contributed by atoms with Crippen LogP contribution < -0.4 is 10.2 Å². The number of thiazole rings is 1. The molecule has 1 heterocycles. The summed E-state index contributed by atoms with van der Waals surface area (Å²) >= 11 is 1.74. The fourth-order valence-corrected chi connectivity index (χ4v) is 2.20. The molecule has 1 aromatic rings. The Balaban J connectivity index is 2.03. The van der Waals surface area contributed by atoms with Crippen molar-refractivity contribution >= 4 is 16.5 Å². The maximum atomic E-state index is 4.54. The third-order valence-corrected chi connectivity index (χ3v) is 3.27. The van der Waals surface area contributed by atoms with E-state index in [0.29, 0.717) is 0 Å². The summed E-state index contributed by atoms with van der Waals surface area (Å²) in [5, 5.41) is 6.40. The monoisotopic (exact) mass is 197 g/mol. The molecule has 0 spiro atoms. The Hall–Kier alpha value is -0.610. The van der Waals surface area contributed by atoms with Crippen LogP contribution in [0.15, 0.2) is 5.38 Å². The van der Waals surface area contributed by atoms with Gasteiger partial charge in [-0.25, -0.2) is 4.98 Å². The van der Waals surface area contributed by atoms with Gasteiger partial charge in [0.1, 0.15) is 0 Å². The molecule has 4 heteroatoms. The van der Waals surface area contributed by atoms with Gasteiger partial charge in [-0.05, 0) is 19.9 Å². The van der Waals surface area contributed by atoms with Crippen LogP contribution in [0.25, 0.3) is 0 Å². The first-order chi connectivity index (χ1) is 6.31. The third-order valence-electron chi connectivity index (χ3n) is 2.29. The first-order valence-corrected chi connectivity index (χ1v) is 5.51. The fourth-order valence-electron chi connectivity index (χ4n) is 1.34. The van der Waals surface area contributed by atoms with Gasteiger partial charge in [-0.1, -0.05) is 0 Å². The molecule has 0 bridgehead atoms. The molecule has 1 fully saturated rings. The third kappa shape index (κ3) is 2.00. The maximum absolute atomic E-state index is 4.54. The number of rotatable bonds is 4. The van der Waals surface area contributed by atoms with Gasteiger partial charge in [-0.3, -0.25) is 0 Å². The van der Waals surface area contributed by atoms with Crippen molar-refractivity contribution in [1.29, 1.82) is 0 Å². The average Bonchev–Trinajstić information content (AvgIpc) is 2.87. The molecule has 13 heavy (non-hydrogen) atoms. The highest BCUT2D eigenvalue weighted by Crippen LogP contribution is 2.31. The number of nitrogens with zero attached hydrogens (tertiary/aromatic N) is 2. The summed E-state index contributed by atoms with van der Waals surface area (Å²) in [6.07, 6.45) is 2.66. The quantitative estimate of drug-likeness (QED) is 0.792. The van der Waals surface area contributed by atoms with Gasteiger partial charge in [-0.15, -0.1) is 11.3 Å². The lowest BCUT2D eigenvalue weighted by atomic mass is 10.5. The van der Waals surface area contributed by atoms with E-state index in [1.807, 2.05) is 7.05 Å². The van der Waals surface area contributed by atoms with Crippen LogP contribution in [0.2, 0.25) is 0 Å². The van der Waals surface area contributed by atoms with E-state index >= 15 is 0 Å². The van der Waals surface area contributed by atoms with Gasteiger partial charge in [0.15, 0.2) is 5.13 Å². The Labute approximate surface area is 82.8 Å². The lowest BCUT2D eigenvalue weighted by molar-refractivity contribution is 0.792. The van der Waals surface area contributed by atoms with E-state index in [4.69, 9.17) is 0 Å². The van der Waals surface area contributed by atoms with Crippen molar-refractivity contribution in [3.05, 3.63) is 11.1 Å². The Bertz CT molecular complexity index is 280. The summed E-state index contributed by atoms with van der Waals surface area (Å²) in [5.74, 6) is 0. The molecule has 0 radical (unpaired) electrons. The fraction of sp³-hybridized carbons (Fsp3) is 0.667. The molecule has 0 aliphatic heterocycles.